The van der Waals surface area contributed by atoms with Crippen molar-refractivity contribution in [3.05, 3.63) is 24.3 Å². The molecule has 424 valence electrons. The van der Waals surface area contributed by atoms with Crippen LogP contribution in [0, 0.1) is 0 Å². The summed E-state index contributed by atoms with van der Waals surface area (Å²) in [7, 11) is 0. The number of unbranched alkanes of at least 4 members (excludes halogenated alkanes) is 45. The monoisotopic (exact) mass is 1010 g/mol. The lowest BCUT2D eigenvalue weighted by Gasteiger charge is -2.18. The van der Waals surface area contributed by atoms with Crippen LogP contribution in [0.1, 0.15) is 361 Å². The number of hydrogen-bond acceptors (Lipinski definition) is 6. The van der Waals surface area contributed by atoms with Crippen LogP contribution in [0.25, 0.3) is 0 Å². The standard InChI is InChI=1S/C66H124O6/c1-4-7-10-13-16-19-22-24-26-27-28-29-30-31-32-33-34-35-36-37-38-39-40-41-43-44-47-50-53-56-59-65(68)71-62-63(61-70-64(67)58-55-52-49-46-21-18-15-12-9-6-3)72-66(69)60-57-54-51-48-45-42-25-23-20-17-14-11-8-5-2/h14,17,23,25,63H,4-13,15-16,18-22,24,26-62H2,1-3H3/b17-14-,25-23-. The molecule has 0 radical (unpaired) electrons. The zero-order valence-electron chi connectivity index (χ0n) is 48.7. The van der Waals surface area contributed by atoms with Crippen molar-refractivity contribution in [3.8, 4) is 0 Å². The molecule has 0 aromatic rings. The van der Waals surface area contributed by atoms with Crippen LogP contribution in [0.2, 0.25) is 0 Å². The Kier molecular flexibility index (Phi) is 59.6. The molecular weight excluding hydrogens is 889 g/mol. The maximum absolute atomic E-state index is 12.8. The van der Waals surface area contributed by atoms with Crippen LogP contribution in [0.5, 0.6) is 0 Å². The van der Waals surface area contributed by atoms with Crippen LogP contribution in [0.4, 0.5) is 0 Å². The molecule has 0 aliphatic rings. The van der Waals surface area contributed by atoms with Crippen LogP contribution in [-0.2, 0) is 28.6 Å². The Morgan fingerprint density at radius 1 is 0.278 bits per heavy atom. The number of carbonyl (C=O) groups is 3. The first-order chi connectivity index (χ1) is 35.5. The molecule has 0 rings (SSSR count). The van der Waals surface area contributed by atoms with Crippen LogP contribution in [-0.4, -0.2) is 37.2 Å². The van der Waals surface area contributed by atoms with Gasteiger partial charge in [-0.25, -0.2) is 0 Å². The maximum atomic E-state index is 12.8. The SMILES string of the molecule is CCCC/C=C\C/C=C\CCCCCCCC(=O)OC(COC(=O)CCCCCCCCCCCC)COC(=O)CCCCCCCCCCCCCCCCCCCCCCCCCCCCCCCC. The zero-order chi connectivity index (χ0) is 52.2. The normalized spacial score (nSPS) is 12.1. The highest BCUT2D eigenvalue weighted by molar-refractivity contribution is 5.71. The quantitative estimate of drug-likeness (QED) is 0.0261. The highest BCUT2D eigenvalue weighted by atomic mass is 16.6. The van der Waals surface area contributed by atoms with Gasteiger partial charge in [0.2, 0.25) is 0 Å². The number of allylic oxidation sites excluding steroid dienone is 4. The Morgan fingerprint density at radius 3 is 0.806 bits per heavy atom. The van der Waals surface area contributed by atoms with E-state index in [1.165, 1.54) is 238 Å². The van der Waals surface area contributed by atoms with E-state index in [2.05, 4.69) is 45.1 Å². The second-order valence-electron chi connectivity index (χ2n) is 22.0. The van der Waals surface area contributed by atoms with Gasteiger partial charge >= 0.3 is 17.9 Å². The number of esters is 3. The van der Waals surface area contributed by atoms with Crippen LogP contribution < -0.4 is 0 Å². The van der Waals surface area contributed by atoms with Gasteiger partial charge < -0.3 is 14.2 Å². The number of ether oxygens (including phenoxy) is 3. The van der Waals surface area contributed by atoms with E-state index in [1.54, 1.807) is 0 Å². The van der Waals surface area contributed by atoms with Crippen LogP contribution in [0.15, 0.2) is 24.3 Å². The van der Waals surface area contributed by atoms with E-state index >= 15 is 0 Å². The van der Waals surface area contributed by atoms with Gasteiger partial charge in [0.25, 0.3) is 0 Å². The third-order valence-corrected chi connectivity index (χ3v) is 14.7. The molecule has 0 aliphatic carbocycles. The first kappa shape index (κ1) is 69.9. The van der Waals surface area contributed by atoms with E-state index in [4.69, 9.17) is 14.2 Å². The molecule has 0 aliphatic heterocycles. The molecule has 0 aromatic carbocycles. The van der Waals surface area contributed by atoms with Crippen LogP contribution in [0.3, 0.4) is 0 Å². The average molecular weight is 1010 g/mol. The fourth-order valence-electron chi connectivity index (χ4n) is 9.82. The molecule has 0 N–H and O–H groups in total. The highest BCUT2D eigenvalue weighted by Crippen LogP contribution is 2.18. The minimum atomic E-state index is -0.773. The predicted octanol–water partition coefficient (Wildman–Crippen LogP) is 21.8. The topological polar surface area (TPSA) is 78.9 Å². The van der Waals surface area contributed by atoms with Gasteiger partial charge in [-0.1, -0.05) is 321 Å². The van der Waals surface area contributed by atoms with Crippen molar-refractivity contribution in [3.63, 3.8) is 0 Å². The molecule has 0 fully saturated rings. The molecule has 6 heteroatoms. The first-order valence-electron chi connectivity index (χ1n) is 32.3. The van der Waals surface area contributed by atoms with E-state index in [-0.39, 0.29) is 31.1 Å². The molecule has 1 atom stereocenters. The van der Waals surface area contributed by atoms with Crippen molar-refractivity contribution in [2.24, 2.45) is 0 Å². The minimum Gasteiger partial charge on any atom is -0.462 e. The predicted molar refractivity (Wildman–Crippen MR) is 312 cm³/mol. The van der Waals surface area contributed by atoms with Gasteiger partial charge in [0.05, 0.1) is 0 Å². The average Bonchev–Trinajstić information content (AvgIpc) is 3.38. The Hall–Kier alpha value is -2.11. The summed E-state index contributed by atoms with van der Waals surface area (Å²) in [4.78, 5) is 38.1. The summed E-state index contributed by atoms with van der Waals surface area (Å²) in [6.07, 6.45) is 73.6. The minimum absolute atomic E-state index is 0.0717. The van der Waals surface area contributed by atoms with E-state index < -0.39 is 6.10 Å². The molecule has 0 heterocycles. The molecule has 72 heavy (non-hydrogen) atoms. The first-order valence-corrected chi connectivity index (χ1v) is 32.3. The number of carbonyl (C=O) groups excluding carboxylic acids is 3. The van der Waals surface area contributed by atoms with Crippen molar-refractivity contribution >= 4 is 17.9 Å². The summed E-state index contributed by atoms with van der Waals surface area (Å²) in [5.41, 5.74) is 0. The molecule has 0 amide bonds. The van der Waals surface area contributed by atoms with Gasteiger partial charge in [-0.15, -0.1) is 0 Å². The number of hydrogen-bond donors (Lipinski definition) is 0. The van der Waals surface area contributed by atoms with Gasteiger partial charge in [0.1, 0.15) is 13.2 Å². The summed E-state index contributed by atoms with van der Waals surface area (Å²) < 4.78 is 16.9. The summed E-state index contributed by atoms with van der Waals surface area (Å²) in [5.74, 6) is -0.865. The van der Waals surface area contributed by atoms with Gasteiger partial charge in [0.15, 0.2) is 6.10 Å². The second-order valence-corrected chi connectivity index (χ2v) is 22.0. The third-order valence-electron chi connectivity index (χ3n) is 14.7. The number of rotatable bonds is 60. The Labute approximate surface area is 449 Å². The van der Waals surface area contributed by atoms with Gasteiger partial charge in [-0.05, 0) is 44.9 Å². The Morgan fingerprint density at radius 2 is 0.514 bits per heavy atom. The van der Waals surface area contributed by atoms with Gasteiger partial charge in [-0.3, -0.25) is 14.4 Å². The van der Waals surface area contributed by atoms with E-state index in [1.807, 2.05) is 0 Å². The molecular formula is C66H124O6. The summed E-state index contributed by atoms with van der Waals surface area (Å²) in [6, 6.07) is 0. The fraction of sp³-hybridized carbons (Fsp3) is 0.894. The largest absolute Gasteiger partial charge is 0.462 e. The summed E-state index contributed by atoms with van der Waals surface area (Å²) in [5, 5.41) is 0. The lowest BCUT2D eigenvalue weighted by Crippen LogP contribution is -2.30. The molecule has 0 aromatic heterocycles. The third kappa shape index (κ3) is 58.8. The maximum Gasteiger partial charge on any atom is 0.306 e. The Balaban J connectivity index is 4.05. The zero-order valence-corrected chi connectivity index (χ0v) is 48.7. The van der Waals surface area contributed by atoms with Crippen molar-refractivity contribution in [1.29, 1.82) is 0 Å². The molecule has 0 spiro atoms. The lowest BCUT2D eigenvalue weighted by molar-refractivity contribution is -0.167. The van der Waals surface area contributed by atoms with E-state index in [0.29, 0.717) is 19.3 Å². The second kappa shape index (κ2) is 61.4. The van der Waals surface area contributed by atoms with Crippen LogP contribution >= 0.6 is 0 Å². The molecule has 1 unspecified atom stereocenters. The smallest absolute Gasteiger partial charge is 0.306 e. The van der Waals surface area contributed by atoms with E-state index in [9.17, 15) is 14.4 Å². The summed E-state index contributed by atoms with van der Waals surface area (Å²) in [6.45, 7) is 6.63. The molecule has 0 bridgehead atoms. The van der Waals surface area contributed by atoms with Crippen molar-refractivity contribution in [1.82, 2.24) is 0 Å². The van der Waals surface area contributed by atoms with Crippen molar-refractivity contribution in [2.45, 2.75) is 367 Å². The van der Waals surface area contributed by atoms with E-state index in [0.717, 1.165) is 83.5 Å². The Bertz CT molecular complexity index is 1160. The lowest BCUT2D eigenvalue weighted by atomic mass is 10.0. The summed E-state index contributed by atoms with van der Waals surface area (Å²) >= 11 is 0. The fourth-order valence-corrected chi connectivity index (χ4v) is 9.82. The van der Waals surface area contributed by atoms with Gasteiger partial charge in [-0.2, -0.15) is 0 Å². The van der Waals surface area contributed by atoms with Crippen molar-refractivity contribution < 1.29 is 28.6 Å². The highest BCUT2D eigenvalue weighted by Gasteiger charge is 2.19. The van der Waals surface area contributed by atoms with Crippen molar-refractivity contribution in [2.75, 3.05) is 13.2 Å². The van der Waals surface area contributed by atoms with Gasteiger partial charge in [0, 0.05) is 19.3 Å². The molecule has 0 saturated heterocycles. The molecule has 0 saturated carbocycles. The molecule has 6 nitrogen and oxygen atoms in total.